The van der Waals surface area contributed by atoms with Crippen LogP contribution in [0.1, 0.15) is 123 Å². The van der Waals surface area contributed by atoms with Gasteiger partial charge in [-0.3, -0.25) is 0 Å². The van der Waals surface area contributed by atoms with Crippen molar-refractivity contribution >= 4 is 33.2 Å². The van der Waals surface area contributed by atoms with Crippen molar-refractivity contribution in [2.45, 2.75) is 117 Å². The van der Waals surface area contributed by atoms with Crippen LogP contribution in [0, 0.1) is 18.8 Å². The standard InChI is InChI=1S/C62H65N4O.Pt/c1-58(2,3)44-27-22-28-47(33-44)64-40-55(62(12,13)43-25-18-15-19-26-43)65(41-64)48-34-46(59(4,5)6)35-49(37-48)67-50-38-52(60(7,8)9)57-51-29-20-21-30-53(51)66(54(57)39-50)56-36-45(31-32-63-56)61(10,11)42-23-16-14-17-24-42;/h14-36,38,40-41H,1-13H3;/q-3;. The number of rotatable bonds is 9. The van der Waals surface area contributed by atoms with E-state index in [4.69, 9.17) is 9.72 Å². The van der Waals surface area contributed by atoms with Crippen LogP contribution in [0.15, 0.2) is 158 Å². The van der Waals surface area contributed by atoms with Crippen LogP contribution in [0.4, 0.5) is 11.4 Å². The van der Waals surface area contributed by atoms with E-state index in [1.165, 1.54) is 27.8 Å². The third kappa shape index (κ3) is 9.19. The first-order valence-corrected chi connectivity index (χ1v) is 23.7. The number of fused-ring (bicyclic) bond motifs is 3. The second-order valence-electron chi connectivity index (χ2n) is 22.4. The molecule has 6 aromatic carbocycles. The van der Waals surface area contributed by atoms with Crippen LogP contribution in [-0.4, -0.2) is 9.55 Å². The summed E-state index contributed by atoms with van der Waals surface area (Å²) in [7, 11) is 0. The second kappa shape index (κ2) is 17.9. The first-order chi connectivity index (χ1) is 31.6. The number of anilines is 2. The third-order valence-electron chi connectivity index (χ3n) is 13.7. The number of pyridine rings is 1. The Morgan fingerprint density at radius 2 is 1.13 bits per heavy atom. The van der Waals surface area contributed by atoms with Gasteiger partial charge < -0.3 is 19.1 Å². The average Bonchev–Trinajstić information content (AvgIpc) is 3.90. The topological polar surface area (TPSA) is 33.5 Å². The van der Waals surface area contributed by atoms with Crippen molar-refractivity contribution in [2.24, 2.45) is 0 Å². The molecule has 6 heteroatoms. The SMILES string of the molecule is CC(C)(C)c1cc(Oc2[c-]c3c(c(C(C)(C)C)c2)c2ccccc2n3-c2cc(C(C)(C)c3ccccc3)ccn2)[c-]c(N2[CH-]N(c3cccc(C(C)(C)C)c3)C=C2C(C)(C)c2ccccc2)c1.[Pt]. The molecular formula is C62H65N4OPt-3. The fraction of sp³-hybridized carbons (Fsp3) is 0.290. The number of hydrogen-bond donors (Lipinski definition) is 0. The van der Waals surface area contributed by atoms with Gasteiger partial charge in [0.25, 0.3) is 0 Å². The van der Waals surface area contributed by atoms with E-state index in [-0.39, 0.29) is 48.1 Å². The molecule has 352 valence electrons. The van der Waals surface area contributed by atoms with Gasteiger partial charge in [-0.15, -0.1) is 53.8 Å². The number of hydrogen-bond acceptors (Lipinski definition) is 4. The van der Waals surface area contributed by atoms with Gasteiger partial charge >= 0.3 is 0 Å². The molecule has 0 aliphatic carbocycles. The summed E-state index contributed by atoms with van der Waals surface area (Å²) >= 11 is 0. The van der Waals surface area contributed by atoms with Crippen LogP contribution in [0.3, 0.4) is 0 Å². The molecule has 68 heavy (non-hydrogen) atoms. The van der Waals surface area contributed by atoms with Crippen LogP contribution < -0.4 is 14.5 Å². The van der Waals surface area contributed by atoms with Gasteiger partial charge in [0.05, 0.1) is 0 Å². The zero-order valence-corrected chi connectivity index (χ0v) is 44.3. The van der Waals surface area contributed by atoms with Crippen LogP contribution >= 0.6 is 0 Å². The molecule has 8 aromatic rings. The van der Waals surface area contributed by atoms with Gasteiger partial charge in [-0.2, -0.15) is 0 Å². The molecule has 2 aromatic heterocycles. The Balaban J connectivity index is 0.00000625. The molecule has 3 heterocycles. The first kappa shape index (κ1) is 48.6. The Kier molecular flexibility index (Phi) is 12.8. The van der Waals surface area contributed by atoms with Crippen molar-refractivity contribution in [2.75, 3.05) is 9.80 Å². The molecule has 1 aliphatic rings. The average molecular weight is 1080 g/mol. The Bertz CT molecular complexity index is 3140. The molecule has 9 rings (SSSR count). The molecule has 0 amide bonds. The smallest absolute Gasteiger partial charge is 0.135 e. The Morgan fingerprint density at radius 1 is 0.529 bits per heavy atom. The van der Waals surface area contributed by atoms with E-state index < -0.39 is 0 Å². The predicted octanol–water partition coefficient (Wildman–Crippen LogP) is 16.1. The zero-order chi connectivity index (χ0) is 47.7. The second-order valence-corrected chi connectivity index (χ2v) is 22.4. The molecular weight excluding hydrogens is 1010 g/mol. The first-order valence-electron chi connectivity index (χ1n) is 23.7. The summed E-state index contributed by atoms with van der Waals surface area (Å²) in [6, 6.07) is 57.6. The minimum atomic E-state index is -0.365. The van der Waals surface area contributed by atoms with E-state index in [0.717, 1.165) is 50.3 Å². The minimum absolute atomic E-state index is 0. The number of aromatic nitrogens is 2. The van der Waals surface area contributed by atoms with Gasteiger partial charge in [-0.25, -0.2) is 4.98 Å². The van der Waals surface area contributed by atoms with E-state index in [0.29, 0.717) is 11.5 Å². The monoisotopic (exact) mass is 1080 g/mol. The maximum atomic E-state index is 7.13. The summed E-state index contributed by atoms with van der Waals surface area (Å²) in [5.41, 5.74) is 11.4. The zero-order valence-electron chi connectivity index (χ0n) is 42.0. The van der Waals surface area contributed by atoms with Crippen molar-refractivity contribution in [3.63, 3.8) is 0 Å². The predicted molar refractivity (Wildman–Crippen MR) is 281 cm³/mol. The van der Waals surface area contributed by atoms with Crippen molar-refractivity contribution in [3.05, 3.63) is 210 Å². The van der Waals surface area contributed by atoms with E-state index >= 15 is 0 Å². The minimum Gasteiger partial charge on any atom is -0.509 e. The van der Waals surface area contributed by atoms with Crippen molar-refractivity contribution in [3.8, 4) is 17.3 Å². The normalized spacial score (nSPS) is 13.8. The van der Waals surface area contributed by atoms with E-state index in [9.17, 15) is 0 Å². The molecule has 1 aliphatic heterocycles. The van der Waals surface area contributed by atoms with Crippen molar-refractivity contribution in [1.29, 1.82) is 0 Å². The fourth-order valence-electron chi connectivity index (χ4n) is 9.43. The molecule has 0 saturated carbocycles. The van der Waals surface area contributed by atoms with Crippen molar-refractivity contribution in [1.82, 2.24) is 9.55 Å². The Hall–Kier alpha value is -5.90. The summed E-state index contributed by atoms with van der Waals surface area (Å²) < 4.78 is 9.40. The number of allylic oxidation sites excluding steroid dienone is 1. The number of benzene rings is 6. The molecule has 5 nitrogen and oxygen atoms in total. The van der Waals surface area contributed by atoms with Gasteiger partial charge in [-0.1, -0.05) is 192 Å². The maximum Gasteiger partial charge on any atom is 0.135 e. The fourth-order valence-corrected chi connectivity index (χ4v) is 9.43. The Labute approximate surface area is 420 Å². The van der Waals surface area contributed by atoms with Gasteiger partial charge in [0.1, 0.15) is 5.82 Å². The van der Waals surface area contributed by atoms with Crippen LogP contribution in [0.5, 0.6) is 11.5 Å². The van der Waals surface area contributed by atoms with Gasteiger partial charge in [-0.05, 0) is 80.4 Å². The number of para-hydroxylation sites is 1. The van der Waals surface area contributed by atoms with Gasteiger partial charge in [0.15, 0.2) is 0 Å². The molecule has 0 bridgehead atoms. The summed E-state index contributed by atoms with van der Waals surface area (Å²) in [6.45, 7) is 31.8. The molecule has 0 spiro atoms. The quantitative estimate of drug-likeness (QED) is 0.135. The largest absolute Gasteiger partial charge is 0.509 e. The molecule has 0 atom stereocenters. The Morgan fingerprint density at radius 3 is 1.78 bits per heavy atom. The third-order valence-corrected chi connectivity index (χ3v) is 13.7. The van der Waals surface area contributed by atoms with Gasteiger partial charge in [0, 0.05) is 66.5 Å². The van der Waals surface area contributed by atoms with E-state index in [2.05, 4.69) is 269 Å². The number of nitrogens with zero attached hydrogens (tertiary/aromatic N) is 4. The van der Waals surface area contributed by atoms with Crippen LogP contribution in [0.25, 0.3) is 27.6 Å². The summed E-state index contributed by atoms with van der Waals surface area (Å²) in [5, 5.41) is 2.31. The summed E-state index contributed by atoms with van der Waals surface area (Å²) in [6.07, 6.45) is 4.22. The van der Waals surface area contributed by atoms with Gasteiger partial charge in [0.2, 0.25) is 0 Å². The summed E-state index contributed by atoms with van der Waals surface area (Å²) in [4.78, 5) is 9.62. The molecule has 0 radical (unpaired) electrons. The maximum absolute atomic E-state index is 7.13. The number of ether oxygens (including phenoxy) is 1. The molecule has 0 saturated heterocycles. The van der Waals surface area contributed by atoms with Crippen LogP contribution in [0.2, 0.25) is 0 Å². The van der Waals surface area contributed by atoms with Crippen molar-refractivity contribution < 1.29 is 25.8 Å². The molecule has 0 unspecified atom stereocenters. The summed E-state index contributed by atoms with van der Waals surface area (Å²) in [5.74, 6) is 2.10. The molecule has 0 fully saturated rings. The van der Waals surface area contributed by atoms with Crippen LogP contribution in [-0.2, 0) is 48.1 Å². The van der Waals surface area contributed by atoms with E-state index in [1.807, 2.05) is 6.20 Å². The molecule has 0 N–H and O–H groups in total. The van der Waals surface area contributed by atoms with E-state index in [1.54, 1.807) is 0 Å².